The van der Waals surface area contributed by atoms with Gasteiger partial charge in [-0.05, 0) is 41.5 Å². The molecular formula is C19H22NO4+. The van der Waals surface area contributed by atoms with E-state index >= 15 is 0 Å². The van der Waals surface area contributed by atoms with Crippen LogP contribution in [0.25, 0.3) is 6.08 Å². The van der Waals surface area contributed by atoms with E-state index in [1.165, 1.54) is 12.0 Å². The standard InChI is InChI=1S/C19H21NO4/c1-20-7-6-13-10-19(24-3)17(22)11-14(13)15(20)8-12-4-5-18(23-2)16(21)9-12/h4-7,9-11,15,21-22H,8H2,1-3H3/p+1. The summed E-state index contributed by atoms with van der Waals surface area (Å²) in [7, 11) is 5.16. The first-order chi connectivity index (χ1) is 11.5. The molecule has 0 spiro atoms. The van der Waals surface area contributed by atoms with Crippen LogP contribution in [0.4, 0.5) is 0 Å². The van der Waals surface area contributed by atoms with Gasteiger partial charge in [0.1, 0.15) is 6.04 Å². The number of aromatic hydroxyl groups is 2. The zero-order valence-electron chi connectivity index (χ0n) is 14.0. The third-order valence-electron chi connectivity index (χ3n) is 4.52. The molecule has 1 aliphatic heterocycles. The lowest BCUT2D eigenvalue weighted by molar-refractivity contribution is -0.860. The van der Waals surface area contributed by atoms with Gasteiger partial charge in [-0.1, -0.05) is 6.07 Å². The molecule has 2 aromatic carbocycles. The first-order valence-electron chi connectivity index (χ1n) is 7.81. The van der Waals surface area contributed by atoms with E-state index in [9.17, 15) is 10.2 Å². The average Bonchev–Trinajstić information content (AvgIpc) is 2.57. The minimum Gasteiger partial charge on any atom is -0.504 e. The maximum Gasteiger partial charge on any atom is 0.161 e. The van der Waals surface area contributed by atoms with E-state index in [0.717, 1.165) is 23.1 Å². The van der Waals surface area contributed by atoms with Crippen molar-refractivity contribution in [3.63, 3.8) is 0 Å². The lowest BCUT2D eigenvalue weighted by Crippen LogP contribution is -3.05. The maximum atomic E-state index is 10.1. The van der Waals surface area contributed by atoms with Crippen LogP contribution in [0.5, 0.6) is 23.0 Å². The molecule has 2 aromatic rings. The zero-order chi connectivity index (χ0) is 17.3. The first-order valence-corrected chi connectivity index (χ1v) is 7.81. The first kappa shape index (κ1) is 16.2. The molecule has 1 aliphatic rings. The molecule has 24 heavy (non-hydrogen) atoms. The number of quaternary nitrogens is 1. The van der Waals surface area contributed by atoms with Gasteiger partial charge in [-0.25, -0.2) is 0 Å². The Kier molecular flexibility index (Phi) is 4.36. The number of methoxy groups -OCH3 is 2. The SMILES string of the molecule is COc1ccc(CC2c3cc(O)c(OC)cc3C=C[NH+]2C)cc1O. The van der Waals surface area contributed by atoms with Crippen molar-refractivity contribution in [2.24, 2.45) is 0 Å². The number of ether oxygens (including phenoxy) is 2. The number of hydrogen-bond donors (Lipinski definition) is 3. The average molecular weight is 328 g/mol. The van der Waals surface area contributed by atoms with Crippen LogP contribution in [0.2, 0.25) is 0 Å². The van der Waals surface area contributed by atoms with Crippen LogP contribution in [0.3, 0.4) is 0 Å². The highest BCUT2D eigenvalue weighted by molar-refractivity contribution is 5.61. The van der Waals surface area contributed by atoms with Crippen LogP contribution in [0, 0.1) is 0 Å². The molecule has 1 heterocycles. The number of phenolic OH excluding ortho intramolecular Hbond substituents is 2. The second-order valence-electron chi connectivity index (χ2n) is 5.99. The van der Waals surface area contributed by atoms with Gasteiger partial charge in [-0.2, -0.15) is 0 Å². The third kappa shape index (κ3) is 2.90. The Morgan fingerprint density at radius 2 is 1.71 bits per heavy atom. The van der Waals surface area contributed by atoms with Crippen LogP contribution < -0.4 is 14.4 Å². The van der Waals surface area contributed by atoms with Crippen molar-refractivity contribution in [3.05, 3.63) is 53.2 Å². The number of nitrogens with one attached hydrogen (secondary N) is 1. The monoisotopic (exact) mass is 328 g/mol. The number of fused-ring (bicyclic) bond motifs is 1. The fourth-order valence-electron chi connectivity index (χ4n) is 3.16. The molecule has 5 nitrogen and oxygen atoms in total. The molecule has 0 aliphatic carbocycles. The van der Waals surface area contributed by atoms with Crippen molar-refractivity contribution in [1.82, 2.24) is 0 Å². The van der Waals surface area contributed by atoms with E-state index in [1.54, 1.807) is 25.3 Å². The summed E-state index contributed by atoms with van der Waals surface area (Å²) in [5, 5.41) is 20.1. The van der Waals surface area contributed by atoms with E-state index in [2.05, 4.69) is 13.2 Å². The van der Waals surface area contributed by atoms with Gasteiger partial charge in [0.05, 0.1) is 27.5 Å². The van der Waals surface area contributed by atoms with Gasteiger partial charge in [-0.3, -0.25) is 0 Å². The Labute approximate surface area is 141 Å². The van der Waals surface area contributed by atoms with E-state index < -0.39 is 0 Å². The zero-order valence-corrected chi connectivity index (χ0v) is 14.0. The van der Waals surface area contributed by atoms with Gasteiger partial charge in [0, 0.05) is 12.0 Å². The number of likely N-dealkylation sites (N-methyl/N-ethyl adjacent to an activating group) is 1. The van der Waals surface area contributed by atoms with Gasteiger partial charge in [-0.15, -0.1) is 0 Å². The summed E-state index contributed by atoms with van der Waals surface area (Å²) >= 11 is 0. The predicted molar refractivity (Wildman–Crippen MR) is 91.7 cm³/mol. The van der Waals surface area contributed by atoms with Crippen molar-refractivity contribution >= 4 is 6.08 Å². The molecule has 5 heteroatoms. The minimum atomic E-state index is 0.134. The van der Waals surface area contributed by atoms with E-state index in [0.29, 0.717) is 11.5 Å². The molecule has 2 atom stereocenters. The Morgan fingerprint density at radius 3 is 2.38 bits per heavy atom. The Hall–Kier alpha value is -2.66. The predicted octanol–water partition coefficient (Wildman–Crippen LogP) is 1.90. The Morgan fingerprint density at radius 1 is 1.00 bits per heavy atom. The fourth-order valence-corrected chi connectivity index (χ4v) is 3.16. The van der Waals surface area contributed by atoms with Crippen molar-refractivity contribution in [2.45, 2.75) is 12.5 Å². The smallest absolute Gasteiger partial charge is 0.161 e. The van der Waals surface area contributed by atoms with Crippen molar-refractivity contribution in [3.8, 4) is 23.0 Å². The molecule has 126 valence electrons. The maximum absolute atomic E-state index is 10.1. The summed E-state index contributed by atoms with van der Waals surface area (Å²) in [4.78, 5) is 1.21. The summed E-state index contributed by atoms with van der Waals surface area (Å²) in [6.45, 7) is 0. The molecule has 0 amide bonds. The van der Waals surface area contributed by atoms with Crippen LogP contribution >= 0.6 is 0 Å². The highest BCUT2D eigenvalue weighted by atomic mass is 16.5. The Bertz CT molecular complexity index is 785. The number of hydrogen-bond acceptors (Lipinski definition) is 4. The lowest BCUT2D eigenvalue weighted by atomic mass is 9.91. The molecule has 0 saturated heterocycles. The molecular weight excluding hydrogens is 306 g/mol. The normalized spacial score (nSPS) is 19.0. The molecule has 0 aromatic heterocycles. The molecule has 0 fully saturated rings. The molecule has 0 bridgehead atoms. The van der Waals surface area contributed by atoms with Gasteiger partial charge < -0.3 is 24.6 Å². The van der Waals surface area contributed by atoms with Gasteiger partial charge >= 0.3 is 0 Å². The van der Waals surface area contributed by atoms with E-state index in [1.807, 2.05) is 18.2 Å². The quantitative estimate of drug-likeness (QED) is 0.802. The highest BCUT2D eigenvalue weighted by Crippen LogP contribution is 2.35. The van der Waals surface area contributed by atoms with E-state index in [-0.39, 0.29) is 17.5 Å². The minimum absolute atomic E-state index is 0.134. The second-order valence-corrected chi connectivity index (χ2v) is 5.99. The largest absolute Gasteiger partial charge is 0.504 e. The van der Waals surface area contributed by atoms with Crippen LogP contribution in [0.1, 0.15) is 22.7 Å². The van der Waals surface area contributed by atoms with Crippen LogP contribution in [0.15, 0.2) is 36.5 Å². The van der Waals surface area contributed by atoms with Crippen molar-refractivity contribution in [1.29, 1.82) is 0 Å². The van der Waals surface area contributed by atoms with E-state index in [4.69, 9.17) is 9.47 Å². The summed E-state index contributed by atoms with van der Waals surface area (Å²) in [6.07, 6.45) is 4.86. The second kappa shape index (κ2) is 6.45. The van der Waals surface area contributed by atoms with Gasteiger partial charge in [0.15, 0.2) is 23.0 Å². The molecule has 3 rings (SSSR count). The lowest BCUT2D eigenvalue weighted by Gasteiger charge is -2.28. The van der Waals surface area contributed by atoms with Crippen molar-refractivity contribution < 1.29 is 24.6 Å². The Balaban J connectivity index is 1.95. The number of phenols is 2. The summed E-state index contributed by atoms with van der Waals surface area (Å²) in [5.74, 6) is 1.21. The number of rotatable bonds is 4. The van der Waals surface area contributed by atoms with Crippen LogP contribution in [-0.2, 0) is 6.42 Å². The summed E-state index contributed by atoms with van der Waals surface area (Å²) < 4.78 is 10.3. The fraction of sp³-hybridized carbons (Fsp3) is 0.263. The van der Waals surface area contributed by atoms with Crippen LogP contribution in [-0.4, -0.2) is 31.5 Å². The summed E-state index contributed by atoms with van der Waals surface area (Å²) in [5.41, 5.74) is 3.11. The molecule has 0 saturated carbocycles. The van der Waals surface area contributed by atoms with Gasteiger partial charge in [0.25, 0.3) is 0 Å². The third-order valence-corrected chi connectivity index (χ3v) is 4.52. The highest BCUT2D eigenvalue weighted by Gasteiger charge is 2.27. The number of benzene rings is 2. The van der Waals surface area contributed by atoms with Gasteiger partial charge in [0.2, 0.25) is 0 Å². The summed E-state index contributed by atoms with van der Waals surface area (Å²) in [6, 6.07) is 9.21. The topological polar surface area (TPSA) is 63.4 Å². The van der Waals surface area contributed by atoms with Crippen molar-refractivity contribution in [2.75, 3.05) is 21.3 Å². The molecule has 2 unspecified atom stereocenters. The molecule has 0 radical (unpaired) electrons. The molecule has 3 N–H and O–H groups in total.